The molecular weight excluding hydrogens is 635 g/mol. The third-order valence-corrected chi connectivity index (χ3v) is 11.5. The van der Waals surface area contributed by atoms with Crippen molar-refractivity contribution in [3.8, 4) is 27.6 Å². The zero-order valence-electron chi connectivity index (χ0n) is 29.7. The molecule has 0 saturated carbocycles. The van der Waals surface area contributed by atoms with Gasteiger partial charge < -0.3 is 24.4 Å². The first kappa shape index (κ1) is 33.9. The number of carboxylic acid groups (broad SMARTS) is 1. The van der Waals surface area contributed by atoms with Crippen molar-refractivity contribution in [1.82, 2.24) is 19.9 Å². The first-order chi connectivity index (χ1) is 23.4. The molecule has 10 heteroatoms. The molecule has 0 radical (unpaired) electrons. The summed E-state index contributed by atoms with van der Waals surface area (Å²) in [5.41, 5.74) is 5.40. The van der Waals surface area contributed by atoms with E-state index >= 15 is 0 Å². The van der Waals surface area contributed by atoms with Crippen LogP contribution in [-0.2, 0) is 9.53 Å². The molecule has 3 aliphatic rings. The molecule has 49 heavy (non-hydrogen) atoms. The van der Waals surface area contributed by atoms with Crippen molar-refractivity contribution in [2.45, 2.75) is 96.8 Å². The fourth-order valence-electron chi connectivity index (χ4n) is 8.03. The fraction of sp³-hybridized carbons (Fsp3) is 0.538. The van der Waals surface area contributed by atoms with E-state index in [4.69, 9.17) is 19.4 Å². The number of ether oxygens (including phenoxy) is 2. The van der Waals surface area contributed by atoms with Crippen LogP contribution in [0.15, 0.2) is 36.7 Å². The number of anilines is 1. The number of carbonyl (C=O) groups is 1. The van der Waals surface area contributed by atoms with Crippen molar-refractivity contribution in [3.05, 3.63) is 53.3 Å². The maximum atomic E-state index is 13.0. The van der Waals surface area contributed by atoms with Gasteiger partial charge in [0.25, 0.3) is 0 Å². The van der Waals surface area contributed by atoms with Gasteiger partial charge in [0.05, 0.1) is 34.8 Å². The maximum absolute atomic E-state index is 13.0. The minimum Gasteiger partial charge on any atom is -0.493 e. The predicted octanol–water partition coefficient (Wildman–Crippen LogP) is 8.26. The van der Waals surface area contributed by atoms with Crippen LogP contribution in [0.4, 0.5) is 5.82 Å². The number of hydrogen-bond donors (Lipinski definition) is 1. The average molecular weight is 684 g/mol. The van der Waals surface area contributed by atoms with Gasteiger partial charge in [0.2, 0.25) is 0 Å². The average Bonchev–Trinajstić information content (AvgIpc) is 3.48. The number of hydrogen-bond acceptors (Lipinski definition) is 9. The van der Waals surface area contributed by atoms with Crippen LogP contribution in [0.2, 0.25) is 0 Å². The quantitative estimate of drug-likeness (QED) is 0.229. The van der Waals surface area contributed by atoms with Gasteiger partial charge in [-0.1, -0.05) is 32.3 Å². The third-order valence-electron chi connectivity index (χ3n) is 10.3. The molecule has 7 rings (SSSR count). The summed E-state index contributed by atoms with van der Waals surface area (Å²) in [6.07, 6.45) is 9.31. The highest BCUT2D eigenvalue weighted by molar-refractivity contribution is 7.22. The van der Waals surface area contributed by atoms with Gasteiger partial charge in [0.15, 0.2) is 6.10 Å². The maximum Gasteiger partial charge on any atom is 0.337 e. The molecule has 2 aromatic carbocycles. The number of fused-ring (bicyclic) bond motifs is 8. The summed E-state index contributed by atoms with van der Waals surface area (Å²) in [6.45, 7) is 13.7. The number of rotatable bonds is 3. The van der Waals surface area contributed by atoms with Crippen molar-refractivity contribution in [2.24, 2.45) is 5.92 Å². The van der Waals surface area contributed by atoms with Crippen molar-refractivity contribution in [2.75, 3.05) is 38.2 Å². The van der Waals surface area contributed by atoms with Crippen molar-refractivity contribution in [1.29, 1.82) is 0 Å². The molecule has 2 aromatic heterocycles. The Morgan fingerprint density at radius 1 is 1.10 bits per heavy atom. The molecule has 4 aromatic rings. The molecule has 1 N–H and O–H groups in total. The Morgan fingerprint density at radius 2 is 1.92 bits per heavy atom. The second-order valence-corrected chi connectivity index (χ2v) is 16.4. The van der Waals surface area contributed by atoms with Crippen LogP contribution in [0.1, 0.15) is 94.9 Å². The predicted molar refractivity (Wildman–Crippen MR) is 196 cm³/mol. The Labute approximate surface area is 293 Å². The van der Waals surface area contributed by atoms with E-state index in [9.17, 15) is 9.90 Å². The summed E-state index contributed by atoms with van der Waals surface area (Å²) < 4.78 is 13.4. The van der Waals surface area contributed by atoms with Gasteiger partial charge in [-0.15, -0.1) is 11.3 Å². The van der Waals surface area contributed by atoms with Gasteiger partial charge in [0.1, 0.15) is 22.3 Å². The van der Waals surface area contributed by atoms with Gasteiger partial charge in [0, 0.05) is 36.8 Å². The molecule has 0 aliphatic carbocycles. The first-order valence-corrected chi connectivity index (χ1v) is 18.7. The molecule has 1 saturated heterocycles. The van der Waals surface area contributed by atoms with Crippen LogP contribution < -0.4 is 9.64 Å². The Balaban J connectivity index is 1.44. The minimum absolute atomic E-state index is 0.364. The van der Waals surface area contributed by atoms with E-state index in [1.54, 1.807) is 17.5 Å². The highest BCUT2D eigenvalue weighted by Crippen LogP contribution is 2.47. The van der Waals surface area contributed by atoms with Crippen molar-refractivity contribution >= 4 is 33.3 Å². The summed E-state index contributed by atoms with van der Waals surface area (Å²) in [4.78, 5) is 32.9. The Hall–Kier alpha value is -3.60. The number of carboxylic acids is 1. The number of thiazole rings is 1. The van der Waals surface area contributed by atoms with E-state index in [0.29, 0.717) is 23.4 Å². The lowest BCUT2D eigenvalue weighted by Crippen LogP contribution is -2.52. The SMILES string of the molecule is Cc1cc2nc3sc2c(c1[C@H](OC(C)(C)C)C(=O)O)-c1ccc2c(c1)C(CCCCC(C)CC1CN(C)CCN1c1cncc-3n1)CCO2. The Kier molecular flexibility index (Phi) is 9.41. The molecule has 1 fully saturated rings. The molecule has 6 bridgehead atoms. The minimum atomic E-state index is -1.16. The number of nitrogens with zero attached hydrogens (tertiary/aromatic N) is 5. The standard InChI is InChI=1S/C39H49N5O4S/c1-23-9-7-8-10-25-13-16-47-31-12-11-26(19-28(25)31)34-33(35(38(45)46)48-39(3,4)5)24(2)18-29-36(34)49-37(42-29)30-20-40-21-32(41-30)44-15-14-43(6)22-27(44)17-23/h11-12,18-21,23,25,27,35H,7-10,13-17,22H2,1-6H3,(H,45,46)/t23?,25?,27?,35-/m0/s1. The molecule has 3 aliphatic heterocycles. The van der Waals surface area contributed by atoms with E-state index in [-0.39, 0.29) is 0 Å². The molecule has 4 atom stereocenters. The number of aliphatic carboxylic acids is 1. The topological polar surface area (TPSA) is 101 Å². The van der Waals surface area contributed by atoms with E-state index in [0.717, 1.165) is 94.7 Å². The van der Waals surface area contributed by atoms with Crippen LogP contribution >= 0.6 is 11.3 Å². The lowest BCUT2D eigenvalue weighted by Gasteiger charge is -2.41. The van der Waals surface area contributed by atoms with Crippen LogP contribution in [0.3, 0.4) is 0 Å². The molecule has 9 nitrogen and oxygen atoms in total. The smallest absolute Gasteiger partial charge is 0.337 e. The van der Waals surface area contributed by atoms with E-state index in [2.05, 4.69) is 47.0 Å². The molecule has 0 spiro atoms. The monoisotopic (exact) mass is 683 g/mol. The zero-order chi connectivity index (χ0) is 34.4. The van der Waals surface area contributed by atoms with Crippen LogP contribution in [-0.4, -0.2) is 75.9 Å². The number of benzene rings is 2. The number of aryl methyl sites for hydroxylation is 1. The largest absolute Gasteiger partial charge is 0.493 e. The summed E-state index contributed by atoms with van der Waals surface area (Å²) in [5.74, 6) is 1.81. The normalized spacial score (nSPS) is 22.5. The van der Waals surface area contributed by atoms with Crippen molar-refractivity contribution < 1.29 is 19.4 Å². The zero-order valence-corrected chi connectivity index (χ0v) is 30.5. The third kappa shape index (κ3) is 7.05. The Morgan fingerprint density at radius 3 is 2.71 bits per heavy atom. The fourth-order valence-corrected chi connectivity index (χ4v) is 9.11. The van der Waals surface area contributed by atoms with Gasteiger partial charge >= 0.3 is 5.97 Å². The van der Waals surface area contributed by atoms with Crippen molar-refractivity contribution in [3.63, 3.8) is 0 Å². The van der Waals surface area contributed by atoms with Crippen LogP contribution in [0, 0.1) is 12.8 Å². The molecule has 3 unspecified atom stereocenters. The molecule has 5 heterocycles. The molecule has 0 amide bonds. The molecule has 260 valence electrons. The van der Waals surface area contributed by atoms with E-state index < -0.39 is 17.7 Å². The second kappa shape index (κ2) is 13.6. The van der Waals surface area contributed by atoms with Gasteiger partial charge in [-0.3, -0.25) is 4.98 Å². The van der Waals surface area contributed by atoms with E-state index in [1.807, 2.05) is 40.0 Å². The number of piperazine rings is 1. The summed E-state index contributed by atoms with van der Waals surface area (Å²) >= 11 is 1.55. The first-order valence-electron chi connectivity index (χ1n) is 17.8. The summed E-state index contributed by atoms with van der Waals surface area (Å²) in [5, 5.41) is 11.4. The highest BCUT2D eigenvalue weighted by atomic mass is 32.1. The summed E-state index contributed by atoms with van der Waals surface area (Å²) in [7, 11) is 2.21. The highest BCUT2D eigenvalue weighted by Gasteiger charge is 2.34. The second-order valence-electron chi connectivity index (χ2n) is 15.4. The van der Waals surface area contributed by atoms with Gasteiger partial charge in [-0.25, -0.2) is 14.8 Å². The lowest BCUT2D eigenvalue weighted by atomic mass is 9.84. The van der Waals surface area contributed by atoms with Crippen LogP contribution in [0.5, 0.6) is 5.75 Å². The number of aromatic nitrogens is 3. The summed E-state index contributed by atoms with van der Waals surface area (Å²) in [6, 6.07) is 8.76. The Bertz CT molecular complexity index is 1850. The van der Waals surface area contributed by atoms with Crippen LogP contribution in [0.25, 0.3) is 32.0 Å². The van der Waals surface area contributed by atoms with Gasteiger partial charge in [-0.05, 0) is 101 Å². The van der Waals surface area contributed by atoms with Gasteiger partial charge in [-0.2, -0.15) is 0 Å². The lowest BCUT2D eigenvalue weighted by molar-refractivity contribution is -0.160. The number of likely N-dealkylation sites (N-methyl/N-ethyl adjacent to an activating group) is 1. The van der Waals surface area contributed by atoms with E-state index in [1.165, 1.54) is 24.8 Å². The molecular formula is C39H49N5O4S.